The van der Waals surface area contributed by atoms with Crippen LogP contribution in [-0.4, -0.2) is 33.9 Å². The Bertz CT molecular complexity index is 500. The van der Waals surface area contributed by atoms with Gasteiger partial charge in [0.15, 0.2) is 18.5 Å². The molecule has 0 saturated heterocycles. The fourth-order valence-electron chi connectivity index (χ4n) is 1.70. The highest BCUT2D eigenvalue weighted by Gasteiger charge is 2.18. The molecule has 20 heavy (non-hydrogen) atoms. The van der Waals surface area contributed by atoms with Gasteiger partial charge in [-0.25, -0.2) is 0 Å². The zero-order valence-corrected chi connectivity index (χ0v) is 11.2. The summed E-state index contributed by atoms with van der Waals surface area (Å²) in [4.78, 5) is 20.9. The van der Waals surface area contributed by atoms with Gasteiger partial charge in [0, 0.05) is 19.4 Å². The largest absolute Gasteiger partial charge is 0.504 e. The molecule has 0 aliphatic carbocycles. The molecule has 0 amide bonds. The van der Waals surface area contributed by atoms with Crippen LogP contribution in [0.1, 0.15) is 25.0 Å². The second kappa shape index (κ2) is 7.32. The second-order valence-corrected chi connectivity index (χ2v) is 4.30. The molecule has 0 aromatic carbocycles. The maximum atomic E-state index is 10.6. The van der Waals surface area contributed by atoms with Gasteiger partial charge in [0.05, 0.1) is 6.61 Å². The number of hydrogen-bond acceptors (Lipinski definition) is 4. The van der Waals surface area contributed by atoms with E-state index in [4.69, 9.17) is 14.9 Å². The SMILES string of the molecule is Cc1c(OCCCC(=O)O)c(O)cc[n+]1CCC(=O)O. The van der Waals surface area contributed by atoms with Crippen molar-refractivity contribution in [1.82, 2.24) is 0 Å². The van der Waals surface area contributed by atoms with Gasteiger partial charge in [-0.2, -0.15) is 4.57 Å². The Morgan fingerprint density at radius 1 is 1.25 bits per heavy atom. The lowest BCUT2D eigenvalue weighted by atomic mass is 10.3. The van der Waals surface area contributed by atoms with Crippen molar-refractivity contribution in [3.8, 4) is 11.5 Å². The molecule has 1 heterocycles. The van der Waals surface area contributed by atoms with Crippen molar-refractivity contribution in [3.05, 3.63) is 18.0 Å². The summed E-state index contributed by atoms with van der Waals surface area (Å²) < 4.78 is 7.05. The van der Waals surface area contributed by atoms with Crippen LogP contribution in [-0.2, 0) is 16.1 Å². The van der Waals surface area contributed by atoms with E-state index >= 15 is 0 Å². The van der Waals surface area contributed by atoms with Crippen LogP contribution >= 0.6 is 0 Å². The van der Waals surface area contributed by atoms with Gasteiger partial charge in [-0.15, -0.1) is 0 Å². The highest BCUT2D eigenvalue weighted by molar-refractivity contribution is 5.66. The lowest BCUT2D eigenvalue weighted by Gasteiger charge is -2.09. The summed E-state index contributed by atoms with van der Waals surface area (Å²) in [5.74, 6) is -1.61. The van der Waals surface area contributed by atoms with Gasteiger partial charge in [-0.1, -0.05) is 0 Å². The third-order valence-electron chi connectivity index (χ3n) is 2.75. The molecule has 0 radical (unpaired) electrons. The number of carboxylic acid groups (broad SMARTS) is 2. The van der Waals surface area contributed by atoms with Gasteiger partial charge < -0.3 is 20.1 Å². The van der Waals surface area contributed by atoms with E-state index < -0.39 is 11.9 Å². The Morgan fingerprint density at radius 2 is 1.90 bits per heavy atom. The van der Waals surface area contributed by atoms with Crippen LogP contribution in [0.25, 0.3) is 0 Å². The van der Waals surface area contributed by atoms with Crippen molar-refractivity contribution in [2.24, 2.45) is 0 Å². The first-order valence-electron chi connectivity index (χ1n) is 6.20. The average molecular weight is 284 g/mol. The van der Waals surface area contributed by atoms with Crippen LogP contribution in [0.2, 0.25) is 0 Å². The number of aromatic hydroxyl groups is 1. The highest BCUT2D eigenvalue weighted by Crippen LogP contribution is 2.27. The standard InChI is InChI=1S/C13H17NO6/c1-9-13(20-8-2-3-11(16)17)10(15)4-6-14(9)7-5-12(18)19/h4,6H,2-3,5,7-8H2,1H3,(H2,16,17,18,19)/p+1. The molecule has 0 aliphatic heterocycles. The van der Waals surface area contributed by atoms with Crippen molar-refractivity contribution in [2.45, 2.75) is 32.7 Å². The summed E-state index contributed by atoms with van der Waals surface area (Å²) in [5, 5.41) is 26.9. The molecule has 7 heteroatoms. The summed E-state index contributed by atoms with van der Waals surface area (Å²) in [7, 11) is 0. The van der Waals surface area contributed by atoms with E-state index in [-0.39, 0.29) is 37.5 Å². The van der Waals surface area contributed by atoms with Crippen molar-refractivity contribution in [1.29, 1.82) is 0 Å². The van der Waals surface area contributed by atoms with Gasteiger partial charge in [0.1, 0.15) is 6.42 Å². The van der Waals surface area contributed by atoms with E-state index in [0.717, 1.165) is 0 Å². The Morgan fingerprint density at radius 3 is 2.50 bits per heavy atom. The molecule has 0 unspecified atom stereocenters. The number of aromatic nitrogens is 1. The fraction of sp³-hybridized carbons (Fsp3) is 0.462. The lowest BCUT2D eigenvalue weighted by molar-refractivity contribution is -0.702. The summed E-state index contributed by atoms with van der Waals surface area (Å²) in [6.07, 6.45) is 1.87. The Kier molecular flexibility index (Phi) is 5.76. The molecule has 0 saturated carbocycles. The number of ether oxygens (including phenoxy) is 1. The third kappa shape index (κ3) is 4.75. The van der Waals surface area contributed by atoms with Gasteiger partial charge in [-0.3, -0.25) is 9.59 Å². The van der Waals surface area contributed by atoms with Crippen LogP contribution in [0, 0.1) is 6.92 Å². The minimum absolute atomic E-state index is 0.00828. The first-order valence-corrected chi connectivity index (χ1v) is 6.20. The molecular weight excluding hydrogens is 266 g/mol. The number of rotatable bonds is 8. The van der Waals surface area contributed by atoms with Crippen LogP contribution < -0.4 is 9.30 Å². The van der Waals surface area contributed by atoms with Crippen molar-refractivity contribution in [3.63, 3.8) is 0 Å². The predicted octanol–water partition coefficient (Wildman–Crippen LogP) is 0.706. The maximum Gasteiger partial charge on any atom is 0.309 e. The minimum atomic E-state index is -0.908. The number of carboxylic acids is 2. The zero-order valence-electron chi connectivity index (χ0n) is 11.2. The second-order valence-electron chi connectivity index (χ2n) is 4.30. The molecule has 0 atom stereocenters. The molecule has 110 valence electrons. The van der Waals surface area contributed by atoms with E-state index in [0.29, 0.717) is 12.1 Å². The van der Waals surface area contributed by atoms with Crippen LogP contribution in [0.15, 0.2) is 12.3 Å². The van der Waals surface area contributed by atoms with E-state index in [1.54, 1.807) is 17.7 Å². The van der Waals surface area contributed by atoms with Crippen LogP contribution in [0.5, 0.6) is 11.5 Å². The van der Waals surface area contributed by atoms with E-state index in [1.807, 2.05) is 0 Å². The topological polar surface area (TPSA) is 108 Å². The smallest absolute Gasteiger partial charge is 0.309 e. The Balaban J connectivity index is 2.71. The van der Waals surface area contributed by atoms with Crippen LogP contribution in [0.3, 0.4) is 0 Å². The molecule has 0 fully saturated rings. The van der Waals surface area contributed by atoms with E-state index in [2.05, 4.69) is 0 Å². The lowest BCUT2D eigenvalue weighted by Crippen LogP contribution is -2.38. The number of nitrogens with zero attached hydrogens (tertiary/aromatic N) is 1. The van der Waals surface area contributed by atoms with E-state index in [1.165, 1.54) is 6.07 Å². The zero-order chi connectivity index (χ0) is 15.1. The summed E-state index contributed by atoms with van der Waals surface area (Å²) in [6.45, 7) is 2.14. The summed E-state index contributed by atoms with van der Waals surface area (Å²) in [6, 6.07) is 1.42. The number of pyridine rings is 1. The monoisotopic (exact) mass is 284 g/mol. The number of aryl methyl sites for hydroxylation is 1. The first kappa shape index (κ1) is 15.7. The molecule has 1 aromatic heterocycles. The van der Waals surface area contributed by atoms with Gasteiger partial charge in [0.25, 0.3) is 0 Å². The molecular formula is C13H18NO6+. The quantitative estimate of drug-likeness (QED) is 0.479. The number of hydrogen-bond donors (Lipinski definition) is 3. The van der Waals surface area contributed by atoms with Gasteiger partial charge in [0.2, 0.25) is 11.4 Å². The van der Waals surface area contributed by atoms with E-state index in [9.17, 15) is 14.7 Å². The molecule has 3 N–H and O–H groups in total. The fourth-order valence-corrected chi connectivity index (χ4v) is 1.70. The summed E-state index contributed by atoms with van der Waals surface area (Å²) in [5.41, 5.74) is 0.599. The summed E-state index contributed by atoms with van der Waals surface area (Å²) >= 11 is 0. The van der Waals surface area contributed by atoms with Crippen molar-refractivity contribution >= 4 is 11.9 Å². The average Bonchev–Trinajstić information content (AvgIpc) is 2.36. The first-order chi connectivity index (χ1) is 9.41. The third-order valence-corrected chi connectivity index (χ3v) is 2.75. The number of aliphatic carboxylic acids is 2. The molecule has 0 bridgehead atoms. The highest BCUT2D eigenvalue weighted by atomic mass is 16.5. The molecule has 0 aliphatic rings. The Hall–Kier alpha value is -2.31. The van der Waals surface area contributed by atoms with Crippen molar-refractivity contribution < 1.29 is 34.2 Å². The molecule has 7 nitrogen and oxygen atoms in total. The predicted molar refractivity (Wildman–Crippen MR) is 67.7 cm³/mol. The van der Waals surface area contributed by atoms with Crippen molar-refractivity contribution in [2.75, 3.05) is 6.61 Å². The van der Waals surface area contributed by atoms with Gasteiger partial charge in [-0.05, 0) is 6.42 Å². The minimum Gasteiger partial charge on any atom is -0.504 e. The molecule has 1 aromatic rings. The molecule has 1 rings (SSSR count). The Labute approximate surface area is 116 Å². The maximum absolute atomic E-state index is 10.6. The number of carbonyl (C=O) groups is 2. The van der Waals surface area contributed by atoms with Gasteiger partial charge >= 0.3 is 11.9 Å². The normalized spacial score (nSPS) is 10.2. The molecule has 0 spiro atoms. The van der Waals surface area contributed by atoms with Crippen LogP contribution in [0.4, 0.5) is 0 Å².